The normalized spacial score (nSPS) is 21.9. The molecule has 0 radical (unpaired) electrons. The largest absolute Gasteiger partial charge is 0.481 e. The van der Waals surface area contributed by atoms with Gasteiger partial charge in [-0.15, -0.1) is 11.8 Å². The van der Waals surface area contributed by atoms with Crippen LogP contribution in [0.4, 0.5) is 0 Å². The third kappa shape index (κ3) is 2.29. The monoisotopic (exact) mass is 313 g/mol. The molecule has 0 aromatic carbocycles. The van der Waals surface area contributed by atoms with E-state index in [0.717, 1.165) is 16.4 Å². The average Bonchev–Trinajstić information content (AvgIpc) is 2.58. The Bertz CT molecular complexity index is 244. The van der Waals surface area contributed by atoms with E-state index >= 15 is 0 Å². The molecular weight excluding hydrogens is 301 g/mol. The molecule has 0 spiro atoms. The number of hydrogen-bond acceptors (Lipinski definition) is 5. The molecule has 4 N–H and O–H groups in total. The van der Waals surface area contributed by atoms with Crippen molar-refractivity contribution in [2.75, 3.05) is 19.4 Å². The summed E-state index contributed by atoms with van der Waals surface area (Å²) in [7, 11) is 1.51. The molecule has 0 saturated heterocycles. The molecule has 0 saturated carbocycles. The zero-order chi connectivity index (χ0) is 9.84. The topological polar surface area (TPSA) is 71.1 Å². The first-order valence-electron chi connectivity index (χ1n) is 3.81. The summed E-state index contributed by atoms with van der Waals surface area (Å²) in [6.07, 6.45) is 0. The lowest BCUT2D eigenvalue weighted by atomic mass is 10.1. The number of thioether (sulfide) groups is 1. The Hall–Kier alpha value is 0.0500. The Labute approximate surface area is 95.7 Å². The molecule has 1 rings (SSSR count). The zero-order valence-electron chi connectivity index (χ0n) is 7.26. The maximum absolute atomic E-state index is 7.55. The SMILES string of the molecule is COC(=N)C1=C(NI)C(CN)CS1. The van der Waals surface area contributed by atoms with Gasteiger partial charge in [0, 0.05) is 23.9 Å². The first kappa shape index (κ1) is 11.1. The van der Waals surface area contributed by atoms with Crippen LogP contribution in [0.5, 0.6) is 0 Å². The molecule has 13 heavy (non-hydrogen) atoms. The molecule has 0 aliphatic carbocycles. The second-order valence-corrected chi connectivity index (χ2v) is 4.18. The van der Waals surface area contributed by atoms with Gasteiger partial charge in [-0.05, 0) is 0 Å². The summed E-state index contributed by atoms with van der Waals surface area (Å²) >= 11 is 3.69. The number of methoxy groups -OCH3 is 1. The summed E-state index contributed by atoms with van der Waals surface area (Å²) < 4.78 is 7.94. The quantitative estimate of drug-likeness (QED) is 0.316. The predicted octanol–water partition coefficient (Wildman–Crippen LogP) is 1.08. The van der Waals surface area contributed by atoms with Gasteiger partial charge in [-0.2, -0.15) is 0 Å². The standard InChI is InChI=1S/C7H12IN3OS/c1-12-7(10)6-5(11-8)4(2-9)3-13-6/h4,10-11H,2-3,9H2,1H3. The van der Waals surface area contributed by atoms with Crippen molar-refractivity contribution in [3.8, 4) is 0 Å². The Balaban J connectivity index is 2.85. The lowest BCUT2D eigenvalue weighted by Gasteiger charge is -2.10. The predicted molar refractivity (Wildman–Crippen MR) is 63.9 cm³/mol. The van der Waals surface area contributed by atoms with Gasteiger partial charge < -0.3 is 14.0 Å². The number of halogens is 1. The lowest BCUT2D eigenvalue weighted by molar-refractivity contribution is 0.402. The third-order valence-electron chi connectivity index (χ3n) is 1.88. The van der Waals surface area contributed by atoms with E-state index < -0.39 is 0 Å². The van der Waals surface area contributed by atoms with Gasteiger partial charge in [0.05, 0.1) is 34.9 Å². The molecule has 74 valence electrons. The van der Waals surface area contributed by atoms with Crippen molar-refractivity contribution in [1.29, 1.82) is 5.41 Å². The summed E-state index contributed by atoms with van der Waals surface area (Å²) in [5, 5.41) is 7.55. The van der Waals surface area contributed by atoms with Crippen LogP contribution in [0.1, 0.15) is 0 Å². The minimum absolute atomic E-state index is 0.222. The van der Waals surface area contributed by atoms with Crippen molar-refractivity contribution < 1.29 is 4.74 Å². The Morgan fingerprint density at radius 3 is 3.08 bits per heavy atom. The highest BCUT2D eigenvalue weighted by atomic mass is 127. The Morgan fingerprint density at radius 2 is 2.62 bits per heavy atom. The Morgan fingerprint density at radius 1 is 1.92 bits per heavy atom. The molecule has 0 amide bonds. The van der Waals surface area contributed by atoms with Gasteiger partial charge in [0.2, 0.25) is 5.90 Å². The van der Waals surface area contributed by atoms with E-state index in [-0.39, 0.29) is 5.90 Å². The van der Waals surface area contributed by atoms with Crippen LogP contribution in [0.15, 0.2) is 10.6 Å². The first-order valence-corrected chi connectivity index (χ1v) is 5.87. The smallest absolute Gasteiger partial charge is 0.221 e. The second kappa shape index (κ2) is 5.06. The summed E-state index contributed by atoms with van der Waals surface area (Å²) in [6, 6.07) is 0. The minimum Gasteiger partial charge on any atom is -0.481 e. The second-order valence-electron chi connectivity index (χ2n) is 2.61. The van der Waals surface area contributed by atoms with Gasteiger partial charge in [0.15, 0.2) is 0 Å². The maximum Gasteiger partial charge on any atom is 0.221 e. The summed E-state index contributed by atoms with van der Waals surface area (Å²) in [5.41, 5.74) is 6.63. The van der Waals surface area contributed by atoms with Crippen LogP contribution in [0.25, 0.3) is 0 Å². The highest BCUT2D eigenvalue weighted by Gasteiger charge is 2.27. The van der Waals surface area contributed by atoms with Crippen molar-refractivity contribution in [2.24, 2.45) is 11.7 Å². The third-order valence-corrected chi connectivity index (χ3v) is 3.72. The van der Waals surface area contributed by atoms with Crippen LogP contribution >= 0.6 is 34.6 Å². The highest BCUT2D eigenvalue weighted by Crippen LogP contribution is 2.35. The molecule has 1 heterocycles. The fourth-order valence-electron chi connectivity index (χ4n) is 1.12. The van der Waals surface area contributed by atoms with E-state index in [9.17, 15) is 0 Å². The van der Waals surface area contributed by atoms with Crippen molar-refractivity contribution >= 4 is 40.5 Å². The molecular formula is C7H12IN3OS. The molecule has 1 unspecified atom stereocenters. The number of nitrogens with one attached hydrogen (secondary N) is 2. The van der Waals surface area contributed by atoms with E-state index in [1.165, 1.54) is 7.11 Å². The number of nitrogens with two attached hydrogens (primary N) is 1. The molecule has 0 bridgehead atoms. The maximum atomic E-state index is 7.55. The van der Waals surface area contributed by atoms with Crippen molar-refractivity contribution in [3.05, 3.63) is 10.6 Å². The molecule has 0 aromatic rings. The summed E-state index contributed by atoms with van der Waals surface area (Å²) in [6.45, 7) is 0.610. The molecule has 0 aromatic heterocycles. The number of hydrogen-bond donors (Lipinski definition) is 3. The molecule has 1 aliphatic rings. The molecule has 0 fully saturated rings. The lowest BCUT2D eigenvalue weighted by Crippen LogP contribution is -2.21. The van der Waals surface area contributed by atoms with Crippen LogP contribution in [-0.4, -0.2) is 25.3 Å². The first-order chi connectivity index (χ1) is 6.24. The van der Waals surface area contributed by atoms with Gasteiger partial charge in [0.1, 0.15) is 0 Å². The zero-order valence-corrected chi connectivity index (χ0v) is 10.2. The minimum atomic E-state index is 0.222. The summed E-state index contributed by atoms with van der Waals surface area (Å²) in [4.78, 5) is 0.882. The van der Waals surface area contributed by atoms with E-state index in [0.29, 0.717) is 12.5 Å². The molecule has 1 atom stereocenters. The average molecular weight is 313 g/mol. The van der Waals surface area contributed by atoms with Crippen LogP contribution < -0.4 is 9.26 Å². The number of ether oxygens (including phenoxy) is 1. The fraction of sp³-hybridized carbons (Fsp3) is 0.571. The van der Waals surface area contributed by atoms with E-state index in [1.807, 2.05) is 0 Å². The van der Waals surface area contributed by atoms with Crippen molar-refractivity contribution in [3.63, 3.8) is 0 Å². The molecule has 1 aliphatic heterocycles. The van der Waals surface area contributed by atoms with Gasteiger partial charge in [-0.3, -0.25) is 5.41 Å². The van der Waals surface area contributed by atoms with E-state index in [2.05, 4.69) is 26.4 Å². The summed E-state index contributed by atoms with van der Waals surface area (Å²) in [5.74, 6) is 1.48. The van der Waals surface area contributed by atoms with E-state index in [4.69, 9.17) is 15.9 Å². The Kier molecular flexibility index (Phi) is 4.33. The van der Waals surface area contributed by atoms with Crippen LogP contribution in [0.2, 0.25) is 0 Å². The molecule has 4 nitrogen and oxygen atoms in total. The van der Waals surface area contributed by atoms with Crippen molar-refractivity contribution in [1.82, 2.24) is 3.53 Å². The van der Waals surface area contributed by atoms with Gasteiger partial charge in [-0.25, -0.2) is 0 Å². The fourth-order valence-corrected chi connectivity index (χ4v) is 3.27. The van der Waals surface area contributed by atoms with Crippen LogP contribution in [-0.2, 0) is 4.74 Å². The van der Waals surface area contributed by atoms with E-state index in [1.54, 1.807) is 11.8 Å². The highest BCUT2D eigenvalue weighted by molar-refractivity contribution is 14.1. The van der Waals surface area contributed by atoms with Gasteiger partial charge >= 0.3 is 0 Å². The van der Waals surface area contributed by atoms with Crippen molar-refractivity contribution in [2.45, 2.75) is 0 Å². The van der Waals surface area contributed by atoms with Crippen LogP contribution in [0, 0.1) is 11.3 Å². The molecule has 6 heteroatoms. The van der Waals surface area contributed by atoms with Gasteiger partial charge in [-0.1, -0.05) is 0 Å². The number of rotatable bonds is 3. The van der Waals surface area contributed by atoms with Crippen LogP contribution in [0.3, 0.4) is 0 Å². The van der Waals surface area contributed by atoms with Gasteiger partial charge in [0.25, 0.3) is 0 Å².